The fourth-order valence-electron chi connectivity index (χ4n) is 2.96. The second-order valence-electron chi connectivity index (χ2n) is 6.68. The molecule has 3 aromatic rings. The normalized spacial score (nSPS) is 14.2. The lowest BCUT2D eigenvalue weighted by Crippen LogP contribution is -2.06. The molecule has 0 amide bonds. The topological polar surface area (TPSA) is 91.0 Å². The van der Waals surface area contributed by atoms with Gasteiger partial charge in [0.25, 0.3) is 5.69 Å². The molecule has 0 spiro atoms. The molecule has 160 valence electrons. The molecule has 0 aromatic heterocycles. The Morgan fingerprint density at radius 3 is 2.62 bits per heavy atom. The predicted molar refractivity (Wildman–Crippen MR) is 124 cm³/mol. The lowest BCUT2D eigenvalue weighted by atomic mass is 10.1. The first-order valence-electron chi connectivity index (χ1n) is 9.34. The van der Waals surface area contributed by atoms with Crippen molar-refractivity contribution in [2.45, 2.75) is 6.61 Å². The van der Waals surface area contributed by atoms with Gasteiger partial charge in [-0.1, -0.05) is 63.9 Å². The molecule has 7 nitrogen and oxygen atoms in total. The predicted octanol–water partition coefficient (Wildman–Crippen LogP) is 5.93. The van der Waals surface area contributed by atoms with Crippen LogP contribution in [-0.4, -0.2) is 16.8 Å². The molecule has 0 atom stereocenters. The molecular formula is C23H14BrClN2O5. The molecular weight excluding hydrogens is 500 g/mol. The molecule has 0 fully saturated rings. The SMILES string of the molecule is O=C1OC(c2ccc([N+](=O)[O-])cc2Cl)=N/C1=C\c1ccccc1OCc1ccccc1Br. The van der Waals surface area contributed by atoms with Gasteiger partial charge in [0.1, 0.15) is 12.4 Å². The number of rotatable bonds is 6. The van der Waals surface area contributed by atoms with E-state index in [0.717, 1.165) is 10.0 Å². The van der Waals surface area contributed by atoms with Crippen molar-refractivity contribution in [3.8, 4) is 5.75 Å². The Balaban J connectivity index is 1.60. The van der Waals surface area contributed by atoms with Crippen LogP contribution in [0.1, 0.15) is 16.7 Å². The van der Waals surface area contributed by atoms with Crippen molar-refractivity contribution in [1.82, 2.24) is 0 Å². The molecule has 3 aromatic carbocycles. The van der Waals surface area contributed by atoms with Crippen LogP contribution >= 0.6 is 27.5 Å². The number of aliphatic imine (C=N–C) groups is 1. The fourth-order valence-corrected chi connectivity index (χ4v) is 3.62. The van der Waals surface area contributed by atoms with Crippen LogP contribution in [0.25, 0.3) is 6.08 Å². The third-order valence-electron chi connectivity index (χ3n) is 4.57. The number of nitro benzene ring substituents is 1. The number of carbonyl (C=O) groups excluding carboxylic acids is 1. The van der Waals surface area contributed by atoms with Gasteiger partial charge in [0.15, 0.2) is 5.70 Å². The number of halogens is 2. The third-order valence-corrected chi connectivity index (χ3v) is 5.65. The van der Waals surface area contributed by atoms with E-state index in [9.17, 15) is 14.9 Å². The third kappa shape index (κ3) is 4.71. The average molecular weight is 514 g/mol. The minimum absolute atomic E-state index is 0.0206. The summed E-state index contributed by atoms with van der Waals surface area (Å²) >= 11 is 9.62. The van der Waals surface area contributed by atoms with Crippen molar-refractivity contribution >= 4 is 51.2 Å². The summed E-state index contributed by atoms with van der Waals surface area (Å²) in [7, 11) is 0. The Morgan fingerprint density at radius 1 is 1.12 bits per heavy atom. The van der Waals surface area contributed by atoms with Gasteiger partial charge in [-0.05, 0) is 24.3 Å². The number of benzene rings is 3. The number of para-hydroxylation sites is 1. The van der Waals surface area contributed by atoms with Crippen LogP contribution in [0.15, 0.2) is 81.9 Å². The van der Waals surface area contributed by atoms with Crippen molar-refractivity contribution < 1.29 is 19.2 Å². The van der Waals surface area contributed by atoms with Gasteiger partial charge in [-0.25, -0.2) is 9.79 Å². The summed E-state index contributed by atoms with van der Waals surface area (Å²) in [6, 6.07) is 18.8. The summed E-state index contributed by atoms with van der Waals surface area (Å²) in [5.41, 5.74) is 1.80. The Labute approximate surface area is 196 Å². The van der Waals surface area contributed by atoms with Crippen LogP contribution in [-0.2, 0) is 16.1 Å². The van der Waals surface area contributed by atoms with Gasteiger partial charge in [-0.3, -0.25) is 10.1 Å². The maximum Gasteiger partial charge on any atom is 0.363 e. The van der Waals surface area contributed by atoms with Gasteiger partial charge < -0.3 is 9.47 Å². The highest BCUT2D eigenvalue weighted by Gasteiger charge is 2.27. The molecule has 0 unspecified atom stereocenters. The highest BCUT2D eigenvalue weighted by atomic mass is 79.9. The standard InChI is InChI=1S/C23H14BrClN2O5/c24-18-7-3-1-6-15(18)13-31-21-8-4-2-5-14(21)11-20-23(28)32-22(26-20)17-10-9-16(27(29)30)12-19(17)25/h1-12H,13H2/b20-11-. The first-order valence-corrected chi connectivity index (χ1v) is 10.5. The maximum atomic E-state index is 12.4. The van der Waals surface area contributed by atoms with Gasteiger partial charge >= 0.3 is 5.97 Å². The number of nitrogens with zero attached hydrogens (tertiary/aromatic N) is 2. The largest absolute Gasteiger partial charge is 0.488 e. The molecule has 4 rings (SSSR count). The Hall–Kier alpha value is -3.49. The van der Waals surface area contributed by atoms with Crippen molar-refractivity contribution in [1.29, 1.82) is 0 Å². The summed E-state index contributed by atoms with van der Waals surface area (Å²) in [4.78, 5) is 26.9. The van der Waals surface area contributed by atoms with Crippen LogP contribution < -0.4 is 4.74 Å². The van der Waals surface area contributed by atoms with Gasteiger partial charge in [-0.15, -0.1) is 0 Å². The molecule has 0 aliphatic carbocycles. The van der Waals surface area contributed by atoms with E-state index in [4.69, 9.17) is 21.1 Å². The number of carbonyl (C=O) groups is 1. The molecule has 1 aliphatic heterocycles. The van der Waals surface area contributed by atoms with E-state index in [0.29, 0.717) is 17.9 Å². The Bertz CT molecular complexity index is 1290. The lowest BCUT2D eigenvalue weighted by molar-refractivity contribution is -0.384. The number of esters is 1. The van der Waals surface area contributed by atoms with E-state index in [2.05, 4.69) is 20.9 Å². The number of non-ortho nitro benzene ring substituents is 1. The maximum absolute atomic E-state index is 12.4. The van der Waals surface area contributed by atoms with Gasteiger partial charge in [0, 0.05) is 27.7 Å². The van der Waals surface area contributed by atoms with Crippen LogP contribution in [0.3, 0.4) is 0 Å². The van der Waals surface area contributed by atoms with Gasteiger partial charge in [0.2, 0.25) is 5.90 Å². The highest BCUT2D eigenvalue weighted by molar-refractivity contribution is 9.10. The van der Waals surface area contributed by atoms with Crippen molar-refractivity contribution in [3.63, 3.8) is 0 Å². The Morgan fingerprint density at radius 2 is 1.88 bits per heavy atom. The minimum Gasteiger partial charge on any atom is -0.488 e. The quantitative estimate of drug-likeness (QED) is 0.176. The molecule has 0 radical (unpaired) electrons. The first-order chi connectivity index (χ1) is 15.4. The van der Waals surface area contributed by atoms with E-state index >= 15 is 0 Å². The summed E-state index contributed by atoms with van der Waals surface area (Å²) in [5, 5.41) is 11.0. The highest BCUT2D eigenvalue weighted by Crippen LogP contribution is 2.29. The molecule has 0 N–H and O–H groups in total. The zero-order valence-corrected chi connectivity index (χ0v) is 18.7. The van der Waals surface area contributed by atoms with Crippen molar-refractivity contribution in [2.75, 3.05) is 0 Å². The average Bonchev–Trinajstić information content (AvgIpc) is 3.13. The monoisotopic (exact) mass is 512 g/mol. The minimum atomic E-state index is -0.657. The van der Waals surface area contributed by atoms with E-state index in [1.54, 1.807) is 18.2 Å². The second-order valence-corrected chi connectivity index (χ2v) is 7.94. The van der Waals surface area contributed by atoms with E-state index in [1.165, 1.54) is 18.2 Å². The summed E-state index contributed by atoms with van der Waals surface area (Å²) in [5.74, 6) is -0.108. The summed E-state index contributed by atoms with van der Waals surface area (Å²) < 4.78 is 12.1. The smallest absolute Gasteiger partial charge is 0.363 e. The summed E-state index contributed by atoms with van der Waals surface area (Å²) in [6.45, 7) is 0.332. The van der Waals surface area contributed by atoms with E-state index < -0.39 is 10.9 Å². The zero-order valence-electron chi connectivity index (χ0n) is 16.3. The molecule has 32 heavy (non-hydrogen) atoms. The van der Waals surface area contributed by atoms with E-state index in [1.807, 2.05) is 36.4 Å². The molecule has 1 aliphatic rings. The van der Waals surface area contributed by atoms with Crippen molar-refractivity contribution in [2.24, 2.45) is 4.99 Å². The second kappa shape index (κ2) is 9.33. The zero-order chi connectivity index (χ0) is 22.7. The number of hydrogen-bond acceptors (Lipinski definition) is 6. The molecule has 1 heterocycles. The Kier molecular flexibility index (Phi) is 6.34. The van der Waals surface area contributed by atoms with Crippen molar-refractivity contribution in [3.05, 3.63) is 109 Å². The lowest BCUT2D eigenvalue weighted by Gasteiger charge is -2.10. The first kappa shape index (κ1) is 21.7. The summed E-state index contributed by atoms with van der Waals surface area (Å²) in [6.07, 6.45) is 1.56. The van der Waals surface area contributed by atoms with Crippen LogP contribution in [0, 0.1) is 10.1 Å². The van der Waals surface area contributed by atoms with Gasteiger partial charge in [-0.2, -0.15) is 0 Å². The molecule has 9 heteroatoms. The number of nitro groups is 1. The fraction of sp³-hybridized carbons (Fsp3) is 0.0435. The van der Waals surface area contributed by atoms with Gasteiger partial charge in [0.05, 0.1) is 15.5 Å². The number of ether oxygens (including phenoxy) is 2. The van der Waals surface area contributed by atoms with Crippen LogP contribution in [0.5, 0.6) is 5.75 Å². The molecule has 0 bridgehead atoms. The number of cyclic esters (lactones) is 1. The molecule has 0 saturated carbocycles. The number of hydrogen-bond donors (Lipinski definition) is 0. The van der Waals surface area contributed by atoms with Crippen LogP contribution in [0.2, 0.25) is 5.02 Å². The van der Waals surface area contributed by atoms with Crippen LogP contribution in [0.4, 0.5) is 5.69 Å². The molecule has 0 saturated heterocycles. The van der Waals surface area contributed by atoms with E-state index in [-0.39, 0.29) is 27.9 Å².